The van der Waals surface area contributed by atoms with Crippen molar-refractivity contribution in [2.24, 2.45) is 11.0 Å². The van der Waals surface area contributed by atoms with E-state index in [0.29, 0.717) is 6.54 Å². The first-order valence-corrected chi connectivity index (χ1v) is 9.78. The molecule has 0 unspecified atom stereocenters. The molecule has 3 aromatic carbocycles. The predicted octanol–water partition coefficient (Wildman–Crippen LogP) is 4.11. The number of fused-ring (bicyclic) bond motifs is 1. The summed E-state index contributed by atoms with van der Waals surface area (Å²) in [4.78, 5) is 26.4. The zero-order chi connectivity index (χ0) is 19.5. The standard InChI is InChI=1S/C22H18BrN3O2/c23-18-8-10-19(11-9-18)26-14-17(12-21(26)27)22(28)25-24-13-16-6-3-5-15-4-1-2-7-20(15)16/h1-11,13,17H,12,14H2,(H,25,28)/t17-/m1/s1. The third-order valence-electron chi connectivity index (χ3n) is 4.84. The Labute approximate surface area is 171 Å². The topological polar surface area (TPSA) is 61.8 Å². The molecule has 3 aromatic rings. The van der Waals surface area contributed by atoms with Gasteiger partial charge in [-0.15, -0.1) is 0 Å². The van der Waals surface area contributed by atoms with E-state index in [2.05, 4.69) is 26.5 Å². The van der Waals surface area contributed by atoms with Crippen LogP contribution in [-0.4, -0.2) is 24.6 Å². The highest BCUT2D eigenvalue weighted by Gasteiger charge is 2.35. The van der Waals surface area contributed by atoms with Crippen molar-refractivity contribution < 1.29 is 9.59 Å². The summed E-state index contributed by atoms with van der Waals surface area (Å²) in [6, 6.07) is 21.4. The van der Waals surface area contributed by atoms with E-state index in [-0.39, 0.29) is 18.2 Å². The summed E-state index contributed by atoms with van der Waals surface area (Å²) in [5.41, 5.74) is 4.31. The van der Waals surface area contributed by atoms with Crippen LogP contribution < -0.4 is 10.3 Å². The minimum atomic E-state index is -0.416. The molecule has 6 heteroatoms. The lowest BCUT2D eigenvalue weighted by molar-refractivity contribution is -0.126. The van der Waals surface area contributed by atoms with Crippen LogP contribution in [0.5, 0.6) is 0 Å². The summed E-state index contributed by atoms with van der Waals surface area (Å²) < 4.78 is 0.944. The number of carbonyl (C=O) groups is 2. The number of amides is 2. The Morgan fingerprint density at radius 2 is 1.82 bits per heavy atom. The van der Waals surface area contributed by atoms with Gasteiger partial charge in [0.05, 0.1) is 12.1 Å². The highest BCUT2D eigenvalue weighted by Crippen LogP contribution is 2.26. The first kappa shape index (κ1) is 18.4. The Balaban J connectivity index is 1.42. The second-order valence-electron chi connectivity index (χ2n) is 6.68. The summed E-state index contributed by atoms with van der Waals surface area (Å²) in [7, 11) is 0. The molecule has 5 nitrogen and oxygen atoms in total. The van der Waals surface area contributed by atoms with E-state index in [1.165, 1.54) is 0 Å². The average molecular weight is 436 g/mol. The van der Waals surface area contributed by atoms with Crippen LogP contribution in [0.1, 0.15) is 12.0 Å². The average Bonchev–Trinajstić information content (AvgIpc) is 3.10. The third kappa shape index (κ3) is 3.82. The van der Waals surface area contributed by atoms with E-state index < -0.39 is 5.92 Å². The van der Waals surface area contributed by atoms with E-state index in [1.807, 2.05) is 66.7 Å². The number of hydrogen-bond acceptors (Lipinski definition) is 3. The van der Waals surface area contributed by atoms with Crippen molar-refractivity contribution in [1.29, 1.82) is 0 Å². The molecule has 0 aliphatic carbocycles. The molecule has 1 N–H and O–H groups in total. The molecule has 1 atom stereocenters. The van der Waals surface area contributed by atoms with Crippen molar-refractivity contribution in [3.05, 3.63) is 76.8 Å². The molecule has 0 radical (unpaired) electrons. The Morgan fingerprint density at radius 3 is 2.64 bits per heavy atom. The second-order valence-corrected chi connectivity index (χ2v) is 7.60. The number of nitrogens with one attached hydrogen (secondary N) is 1. The monoisotopic (exact) mass is 435 g/mol. The maximum absolute atomic E-state index is 12.5. The number of carbonyl (C=O) groups excluding carboxylic acids is 2. The van der Waals surface area contributed by atoms with Crippen molar-refractivity contribution in [1.82, 2.24) is 5.43 Å². The SMILES string of the molecule is O=C(NN=Cc1cccc2ccccc12)[C@@H]1CC(=O)N(c2ccc(Br)cc2)C1. The minimum absolute atomic E-state index is 0.0551. The van der Waals surface area contributed by atoms with E-state index in [1.54, 1.807) is 11.1 Å². The van der Waals surface area contributed by atoms with Crippen LogP contribution in [0.25, 0.3) is 10.8 Å². The Kier molecular flexibility index (Phi) is 5.21. The van der Waals surface area contributed by atoms with Gasteiger partial charge in [0.1, 0.15) is 0 Å². The van der Waals surface area contributed by atoms with Crippen molar-refractivity contribution in [3.63, 3.8) is 0 Å². The van der Waals surface area contributed by atoms with Crippen LogP contribution >= 0.6 is 15.9 Å². The first-order chi connectivity index (χ1) is 13.6. The van der Waals surface area contributed by atoms with Gasteiger partial charge in [-0.2, -0.15) is 5.10 Å². The normalized spacial score (nSPS) is 16.8. The summed E-state index contributed by atoms with van der Waals surface area (Å²) in [6.45, 7) is 0.357. The van der Waals surface area contributed by atoms with Crippen LogP contribution in [-0.2, 0) is 9.59 Å². The van der Waals surface area contributed by atoms with Gasteiger partial charge in [0.15, 0.2) is 0 Å². The first-order valence-electron chi connectivity index (χ1n) is 8.98. The van der Waals surface area contributed by atoms with Crippen molar-refractivity contribution in [2.45, 2.75) is 6.42 Å². The van der Waals surface area contributed by atoms with Crippen LogP contribution in [0, 0.1) is 5.92 Å². The van der Waals surface area contributed by atoms with Crippen LogP contribution in [0.15, 0.2) is 76.3 Å². The van der Waals surface area contributed by atoms with Crippen LogP contribution in [0.4, 0.5) is 5.69 Å². The fraction of sp³-hybridized carbons (Fsp3) is 0.136. The highest BCUT2D eigenvalue weighted by atomic mass is 79.9. The van der Waals surface area contributed by atoms with Crippen molar-refractivity contribution >= 4 is 50.4 Å². The summed E-state index contributed by atoms with van der Waals surface area (Å²) in [6.07, 6.45) is 1.83. The molecular weight excluding hydrogens is 418 g/mol. The summed E-state index contributed by atoms with van der Waals surface area (Å²) >= 11 is 3.38. The minimum Gasteiger partial charge on any atom is -0.312 e. The molecule has 0 aromatic heterocycles. The van der Waals surface area contributed by atoms with Gasteiger partial charge in [-0.1, -0.05) is 58.4 Å². The number of benzene rings is 3. The van der Waals surface area contributed by atoms with Crippen molar-refractivity contribution in [2.75, 3.05) is 11.4 Å². The van der Waals surface area contributed by atoms with Gasteiger partial charge < -0.3 is 4.90 Å². The maximum atomic E-state index is 12.5. The highest BCUT2D eigenvalue weighted by molar-refractivity contribution is 9.10. The number of hydrazone groups is 1. The molecule has 0 spiro atoms. The van der Waals surface area contributed by atoms with Gasteiger partial charge in [0.25, 0.3) is 0 Å². The Morgan fingerprint density at radius 1 is 1.07 bits per heavy atom. The maximum Gasteiger partial charge on any atom is 0.245 e. The zero-order valence-electron chi connectivity index (χ0n) is 15.0. The number of anilines is 1. The lowest BCUT2D eigenvalue weighted by Crippen LogP contribution is -2.30. The molecular formula is C22H18BrN3O2. The van der Waals surface area contributed by atoms with Gasteiger partial charge in [-0.05, 0) is 35.0 Å². The molecule has 1 aliphatic heterocycles. The fourth-order valence-electron chi connectivity index (χ4n) is 3.37. The van der Waals surface area contributed by atoms with Gasteiger partial charge in [0, 0.05) is 28.7 Å². The molecule has 2 amide bonds. The molecule has 28 heavy (non-hydrogen) atoms. The van der Waals surface area contributed by atoms with E-state index in [9.17, 15) is 9.59 Å². The van der Waals surface area contributed by atoms with Crippen molar-refractivity contribution in [3.8, 4) is 0 Å². The molecule has 140 valence electrons. The number of rotatable bonds is 4. The fourth-order valence-corrected chi connectivity index (χ4v) is 3.64. The summed E-state index contributed by atoms with van der Waals surface area (Å²) in [5.74, 6) is -0.717. The predicted molar refractivity (Wildman–Crippen MR) is 114 cm³/mol. The number of halogens is 1. The van der Waals surface area contributed by atoms with Crippen LogP contribution in [0.2, 0.25) is 0 Å². The lowest BCUT2D eigenvalue weighted by atomic mass is 10.1. The molecule has 1 saturated heterocycles. The lowest BCUT2D eigenvalue weighted by Gasteiger charge is -2.16. The van der Waals surface area contributed by atoms with Gasteiger partial charge in [-0.3, -0.25) is 9.59 Å². The van der Waals surface area contributed by atoms with Gasteiger partial charge in [0.2, 0.25) is 11.8 Å². The zero-order valence-corrected chi connectivity index (χ0v) is 16.6. The molecule has 1 aliphatic rings. The molecule has 1 heterocycles. The van der Waals surface area contributed by atoms with Gasteiger partial charge in [-0.25, -0.2) is 5.43 Å². The number of hydrogen-bond donors (Lipinski definition) is 1. The Bertz CT molecular complexity index is 1060. The largest absolute Gasteiger partial charge is 0.312 e. The third-order valence-corrected chi connectivity index (χ3v) is 5.36. The van der Waals surface area contributed by atoms with E-state index in [0.717, 1.165) is 26.5 Å². The molecule has 0 bridgehead atoms. The molecule has 4 rings (SSSR count). The quantitative estimate of drug-likeness (QED) is 0.495. The smallest absolute Gasteiger partial charge is 0.245 e. The summed E-state index contributed by atoms with van der Waals surface area (Å²) in [5, 5.41) is 6.30. The second kappa shape index (κ2) is 7.94. The van der Waals surface area contributed by atoms with E-state index >= 15 is 0 Å². The van der Waals surface area contributed by atoms with E-state index in [4.69, 9.17) is 0 Å². The van der Waals surface area contributed by atoms with Gasteiger partial charge >= 0.3 is 0 Å². The number of nitrogens with zero attached hydrogens (tertiary/aromatic N) is 2. The van der Waals surface area contributed by atoms with Crippen LogP contribution in [0.3, 0.4) is 0 Å². The molecule has 1 fully saturated rings. The molecule has 0 saturated carbocycles. The Hall–Kier alpha value is -2.99.